The van der Waals surface area contributed by atoms with Crippen molar-refractivity contribution in [3.05, 3.63) is 78.0 Å². The third kappa shape index (κ3) is 3.75. The number of nitrogens with one attached hydrogen (secondary N) is 1. The molecule has 1 amide bonds. The second-order valence-corrected chi connectivity index (χ2v) is 5.78. The van der Waals surface area contributed by atoms with Gasteiger partial charge in [-0.3, -0.25) is 9.78 Å². The van der Waals surface area contributed by atoms with E-state index < -0.39 is 0 Å². The molecule has 1 heterocycles. The molecule has 3 nitrogen and oxygen atoms in total. The van der Waals surface area contributed by atoms with Crippen molar-refractivity contribution in [2.24, 2.45) is 0 Å². The predicted molar refractivity (Wildman–Crippen MR) is 93.3 cm³/mol. The van der Waals surface area contributed by atoms with E-state index in [2.05, 4.69) is 29.4 Å². The zero-order valence-corrected chi connectivity index (χ0v) is 13.2. The Kier molecular flexibility index (Phi) is 4.67. The molecule has 0 saturated heterocycles. The molecular formula is C20H20N2O. The van der Waals surface area contributed by atoms with E-state index in [1.165, 1.54) is 5.56 Å². The Morgan fingerprint density at radius 2 is 1.83 bits per heavy atom. The number of amides is 1. The highest BCUT2D eigenvalue weighted by molar-refractivity contribution is 5.87. The van der Waals surface area contributed by atoms with E-state index >= 15 is 0 Å². The van der Waals surface area contributed by atoms with Crippen molar-refractivity contribution in [2.75, 3.05) is 6.54 Å². The van der Waals surface area contributed by atoms with E-state index in [1.54, 1.807) is 6.20 Å². The van der Waals surface area contributed by atoms with E-state index in [1.807, 2.05) is 48.5 Å². The van der Waals surface area contributed by atoms with Crippen LogP contribution in [0.25, 0.3) is 10.9 Å². The summed E-state index contributed by atoms with van der Waals surface area (Å²) in [6, 6.07) is 20.1. The number of rotatable bonds is 5. The molecule has 3 aromatic rings. The number of para-hydroxylation sites is 1. The van der Waals surface area contributed by atoms with E-state index in [0.717, 1.165) is 16.5 Å². The fraction of sp³-hybridized carbons (Fsp3) is 0.200. The van der Waals surface area contributed by atoms with Crippen molar-refractivity contribution in [2.45, 2.75) is 19.3 Å². The Morgan fingerprint density at radius 1 is 1.04 bits per heavy atom. The van der Waals surface area contributed by atoms with Crippen molar-refractivity contribution < 1.29 is 4.79 Å². The van der Waals surface area contributed by atoms with Gasteiger partial charge in [0.1, 0.15) is 0 Å². The lowest BCUT2D eigenvalue weighted by Gasteiger charge is -2.13. The first-order valence-electron chi connectivity index (χ1n) is 7.88. The van der Waals surface area contributed by atoms with Crippen molar-refractivity contribution in [3.8, 4) is 0 Å². The van der Waals surface area contributed by atoms with Crippen LogP contribution in [0, 0.1) is 0 Å². The zero-order chi connectivity index (χ0) is 16.1. The highest BCUT2D eigenvalue weighted by atomic mass is 16.1. The van der Waals surface area contributed by atoms with Crippen LogP contribution in [0.15, 0.2) is 66.9 Å². The SMILES string of the molecule is CC(CNC(=O)Cc1cccc2cccnc12)c1ccccc1. The Balaban J connectivity index is 1.63. The van der Waals surface area contributed by atoms with Gasteiger partial charge in [-0.25, -0.2) is 0 Å². The predicted octanol–water partition coefficient (Wildman–Crippen LogP) is 3.70. The molecule has 0 spiro atoms. The maximum absolute atomic E-state index is 12.3. The lowest BCUT2D eigenvalue weighted by atomic mass is 10.0. The quantitative estimate of drug-likeness (QED) is 0.781. The maximum Gasteiger partial charge on any atom is 0.224 e. The number of hydrogen-bond donors (Lipinski definition) is 1. The van der Waals surface area contributed by atoms with Gasteiger partial charge in [0, 0.05) is 18.1 Å². The number of pyridine rings is 1. The fourth-order valence-electron chi connectivity index (χ4n) is 2.71. The minimum absolute atomic E-state index is 0.0333. The van der Waals surface area contributed by atoms with Crippen LogP contribution in [0.2, 0.25) is 0 Å². The molecule has 0 aliphatic carbocycles. The molecule has 1 unspecified atom stereocenters. The highest BCUT2D eigenvalue weighted by Gasteiger charge is 2.10. The fourth-order valence-corrected chi connectivity index (χ4v) is 2.71. The molecule has 0 saturated carbocycles. The molecule has 1 aromatic heterocycles. The van der Waals surface area contributed by atoms with Gasteiger partial charge in [-0.1, -0.05) is 61.5 Å². The van der Waals surface area contributed by atoms with Gasteiger partial charge in [0.2, 0.25) is 5.91 Å². The van der Waals surface area contributed by atoms with Gasteiger partial charge in [0.15, 0.2) is 0 Å². The van der Waals surface area contributed by atoms with E-state index in [-0.39, 0.29) is 5.91 Å². The Hall–Kier alpha value is -2.68. The lowest BCUT2D eigenvalue weighted by Crippen LogP contribution is -2.29. The standard InChI is InChI=1S/C20H20N2O/c1-15(16-7-3-2-4-8-16)14-22-19(23)13-18-10-5-9-17-11-6-12-21-20(17)18/h2-12,15H,13-14H2,1H3,(H,22,23). The molecule has 0 aliphatic heterocycles. The molecule has 3 heteroatoms. The number of carbonyl (C=O) groups excluding carboxylic acids is 1. The minimum atomic E-state index is 0.0333. The number of benzene rings is 2. The molecule has 1 atom stereocenters. The summed E-state index contributed by atoms with van der Waals surface area (Å²) in [7, 11) is 0. The van der Waals surface area contributed by atoms with Crippen LogP contribution in [0.1, 0.15) is 24.0 Å². The summed E-state index contributed by atoms with van der Waals surface area (Å²) < 4.78 is 0. The average Bonchev–Trinajstić information content (AvgIpc) is 2.61. The number of carbonyl (C=O) groups is 1. The summed E-state index contributed by atoms with van der Waals surface area (Å²) >= 11 is 0. The second-order valence-electron chi connectivity index (χ2n) is 5.78. The summed E-state index contributed by atoms with van der Waals surface area (Å²) in [6.07, 6.45) is 2.12. The topological polar surface area (TPSA) is 42.0 Å². The summed E-state index contributed by atoms with van der Waals surface area (Å²) in [5.41, 5.74) is 3.11. The molecule has 23 heavy (non-hydrogen) atoms. The van der Waals surface area contributed by atoms with Gasteiger partial charge in [-0.2, -0.15) is 0 Å². The number of nitrogens with zero attached hydrogens (tertiary/aromatic N) is 1. The second kappa shape index (κ2) is 7.05. The molecule has 0 aliphatic rings. The van der Waals surface area contributed by atoms with E-state index in [4.69, 9.17) is 0 Å². The molecule has 116 valence electrons. The van der Waals surface area contributed by atoms with E-state index in [0.29, 0.717) is 18.9 Å². The lowest BCUT2D eigenvalue weighted by molar-refractivity contribution is -0.120. The first kappa shape index (κ1) is 15.2. The normalized spacial score (nSPS) is 12.0. The van der Waals surface area contributed by atoms with Gasteiger partial charge in [-0.05, 0) is 23.1 Å². The maximum atomic E-state index is 12.3. The van der Waals surface area contributed by atoms with Crippen LogP contribution in [0.5, 0.6) is 0 Å². The van der Waals surface area contributed by atoms with Crippen LogP contribution in [-0.4, -0.2) is 17.4 Å². The summed E-state index contributed by atoms with van der Waals surface area (Å²) in [4.78, 5) is 16.7. The molecule has 1 N–H and O–H groups in total. The minimum Gasteiger partial charge on any atom is -0.355 e. The molecule has 0 fully saturated rings. The molecule has 0 radical (unpaired) electrons. The van der Waals surface area contributed by atoms with Gasteiger partial charge in [0.25, 0.3) is 0 Å². The summed E-state index contributed by atoms with van der Waals surface area (Å²) in [5.74, 6) is 0.330. The van der Waals surface area contributed by atoms with Crippen molar-refractivity contribution in [1.82, 2.24) is 10.3 Å². The summed E-state index contributed by atoms with van der Waals surface area (Å²) in [6.45, 7) is 2.76. The number of fused-ring (bicyclic) bond motifs is 1. The number of aromatic nitrogens is 1. The average molecular weight is 304 g/mol. The van der Waals surface area contributed by atoms with Crippen LogP contribution in [-0.2, 0) is 11.2 Å². The number of hydrogen-bond acceptors (Lipinski definition) is 2. The highest BCUT2D eigenvalue weighted by Crippen LogP contribution is 2.17. The summed E-state index contributed by atoms with van der Waals surface area (Å²) in [5, 5.41) is 4.09. The Morgan fingerprint density at radius 3 is 2.65 bits per heavy atom. The zero-order valence-electron chi connectivity index (χ0n) is 13.2. The van der Waals surface area contributed by atoms with Crippen molar-refractivity contribution >= 4 is 16.8 Å². The smallest absolute Gasteiger partial charge is 0.224 e. The van der Waals surface area contributed by atoms with Crippen LogP contribution in [0.4, 0.5) is 0 Å². The third-order valence-corrected chi connectivity index (χ3v) is 4.04. The molecule has 3 rings (SSSR count). The largest absolute Gasteiger partial charge is 0.355 e. The molecule has 2 aromatic carbocycles. The van der Waals surface area contributed by atoms with Crippen LogP contribution >= 0.6 is 0 Å². The third-order valence-electron chi connectivity index (χ3n) is 4.04. The molecule has 0 bridgehead atoms. The Bertz CT molecular complexity index is 794. The monoisotopic (exact) mass is 304 g/mol. The van der Waals surface area contributed by atoms with Gasteiger partial charge in [0.05, 0.1) is 11.9 Å². The van der Waals surface area contributed by atoms with Gasteiger partial charge >= 0.3 is 0 Å². The van der Waals surface area contributed by atoms with Gasteiger partial charge in [-0.15, -0.1) is 0 Å². The van der Waals surface area contributed by atoms with Crippen molar-refractivity contribution in [1.29, 1.82) is 0 Å². The van der Waals surface area contributed by atoms with Gasteiger partial charge < -0.3 is 5.32 Å². The van der Waals surface area contributed by atoms with Crippen LogP contribution in [0.3, 0.4) is 0 Å². The van der Waals surface area contributed by atoms with Crippen LogP contribution < -0.4 is 5.32 Å². The van der Waals surface area contributed by atoms with Crippen molar-refractivity contribution in [3.63, 3.8) is 0 Å². The molecular weight excluding hydrogens is 284 g/mol. The first-order valence-corrected chi connectivity index (χ1v) is 7.88. The first-order chi connectivity index (χ1) is 11.2. The Labute approximate surface area is 136 Å². The van der Waals surface area contributed by atoms with E-state index in [9.17, 15) is 4.79 Å².